The van der Waals surface area contributed by atoms with Crippen LogP contribution in [0, 0.1) is 17.2 Å². The molecule has 0 bridgehead atoms. The van der Waals surface area contributed by atoms with E-state index in [-0.39, 0.29) is 18.3 Å². The van der Waals surface area contributed by atoms with Gasteiger partial charge in [0, 0.05) is 20.0 Å². The zero-order valence-electron chi connectivity index (χ0n) is 15.8. The van der Waals surface area contributed by atoms with Gasteiger partial charge in [0.15, 0.2) is 0 Å². The highest BCUT2D eigenvalue weighted by Crippen LogP contribution is 2.59. The number of amides is 2. The summed E-state index contributed by atoms with van der Waals surface area (Å²) >= 11 is 0. The van der Waals surface area contributed by atoms with Crippen LogP contribution >= 0.6 is 0 Å². The number of rotatable bonds is 4. The highest BCUT2D eigenvalue weighted by Gasteiger charge is 2.51. The van der Waals surface area contributed by atoms with E-state index in [1.165, 1.54) is 24.3 Å². The van der Waals surface area contributed by atoms with Gasteiger partial charge in [0.1, 0.15) is 11.9 Å². The molecule has 2 aliphatic heterocycles. The highest BCUT2D eigenvalue weighted by molar-refractivity contribution is 5.90. The number of nitrogens with one attached hydrogen (secondary N) is 1. The third kappa shape index (κ3) is 3.47. The van der Waals surface area contributed by atoms with E-state index < -0.39 is 12.2 Å². The molecule has 6 nitrogen and oxygen atoms in total. The predicted octanol–water partition coefficient (Wildman–Crippen LogP) is 2.91. The number of carbonyl (C=O) groups excluding carboxylic acids is 2. The van der Waals surface area contributed by atoms with E-state index >= 15 is 0 Å². The van der Waals surface area contributed by atoms with Gasteiger partial charge in [-0.15, -0.1) is 0 Å². The minimum Gasteiger partial charge on any atom is -0.442 e. The van der Waals surface area contributed by atoms with Crippen LogP contribution in [-0.2, 0) is 9.53 Å². The van der Waals surface area contributed by atoms with Gasteiger partial charge in [0.25, 0.3) is 0 Å². The quantitative estimate of drug-likeness (QED) is 0.879. The molecule has 2 saturated heterocycles. The van der Waals surface area contributed by atoms with Crippen LogP contribution < -0.4 is 15.1 Å². The standard InChI is InChI=1S/C20H26FN3O3/c1-13-10-20(13)5-7-23(8-6-20)18-4-3-15(9-17(18)21)24-12-16(27-19(24)26)11-22-14(2)25/h3-4,9,13,16H,5-8,10-12H2,1-2H3,(H,22,25)/t13?,16-/m0/s1. The smallest absolute Gasteiger partial charge is 0.414 e. The minimum absolute atomic E-state index is 0.177. The molecular weight excluding hydrogens is 349 g/mol. The number of hydrogen-bond donors (Lipinski definition) is 1. The molecule has 0 aromatic heterocycles. The van der Waals surface area contributed by atoms with E-state index in [2.05, 4.69) is 17.1 Å². The van der Waals surface area contributed by atoms with Crippen molar-refractivity contribution in [1.82, 2.24) is 5.32 Å². The summed E-state index contributed by atoms with van der Waals surface area (Å²) < 4.78 is 20.0. The van der Waals surface area contributed by atoms with Gasteiger partial charge in [-0.3, -0.25) is 9.69 Å². The minimum atomic E-state index is -0.514. The molecule has 3 fully saturated rings. The van der Waals surface area contributed by atoms with Crippen LogP contribution in [0.25, 0.3) is 0 Å². The van der Waals surface area contributed by atoms with Crippen LogP contribution in [0.5, 0.6) is 0 Å². The van der Waals surface area contributed by atoms with E-state index in [1.54, 1.807) is 12.1 Å². The summed E-state index contributed by atoms with van der Waals surface area (Å²) in [5, 5.41) is 2.63. The molecule has 3 aliphatic rings. The average molecular weight is 375 g/mol. The first-order chi connectivity index (χ1) is 12.9. The topological polar surface area (TPSA) is 61.9 Å². The van der Waals surface area contributed by atoms with Gasteiger partial charge in [-0.25, -0.2) is 9.18 Å². The molecular formula is C20H26FN3O3. The molecule has 1 saturated carbocycles. The van der Waals surface area contributed by atoms with E-state index in [0.29, 0.717) is 23.3 Å². The van der Waals surface area contributed by atoms with Crippen LogP contribution in [0.15, 0.2) is 18.2 Å². The largest absolute Gasteiger partial charge is 0.442 e. The van der Waals surface area contributed by atoms with Crippen molar-refractivity contribution in [1.29, 1.82) is 0 Å². The second kappa shape index (κ2) is 6.69. The fourth-order valence-electron chi connectivity index (χ4n) is 4.46. The Kier molecular flexibility index (Phi) is 4.48. The molecule has 146 valence electrons. The maximum Gasteiger partial charge on any atom is 0.414 e. The van der Waals surface area contributed by atoms with Gasteiger partial charge in [-0.1, -0.05) is 6.92 Å². The summed E-state index contributed by atoms with van der Waals surface area (Å²) in [6.07, 6.45) is 2.61. The fraction of sp³-hybridized carbons (Fsp3) is 0.600. The maximum absolute atomic E-state index is 14.8. The lowest BCUT2D eigenvalue weighted by atomic mass is 9.91. The summed E-state index contributed by atoms with van der Waals surface area (Å²) in [6.45, 7) is 6.03. The Morgan fingerprint density at radius 2 is 2.07 bits per heavy atom. The summed E-state index contributed by atoms with van der Waals surface area (Å²) in [5.74, 6) is 0.313. The summed E-state index contributed by atoms with van der Waals surface area (Å²) in [5.41, 5.74) is 1.59. The van der Waals surface area contributed by atoms with Crippen LogP contribution in [0.3, 0.4) is 0 Å². The number of ether oxygens (including phenoxy) is 1. The molecule has 1 spiro atoms. The third-order valence-electron chi connectivity index (χ3n) is 6.39. The summed E-state index contributed by atoms with van der Waals surface area (Å²) in [4.78, 5) is 26.6. The Balaban J connectivity index is 1.41. The van der Waals surface area contributed by atoms with Crippen LogP contribution in [0.1, 0.15) is 33.1 Å². The van der Waals surface area contributed by atoms with E-state index in [9.17, 15) is 14.0 Å². The number of cyclic esters (lactones) is 1. The molecule has 7 heteroatoms. The number of anilines is 2. The van der Waals surface area contributed by atoms with Crippen molar-refractivity contribution in [3.63, 3.8) is 0 Å². The van der Waals surface area contributed by atoms with Crippen molar-refractivity contribution in [3.05, 3.63) is 24.0 Å². The highest BCUT2D eigenvalue weighted by atomic mass is 19.1. The molecule has 1 aromatic carbocycles. The van der Waals surface area contributed by atoms with E-state index in [4.69, 9.17) is 4.74 Å². The van der Waals surface area contributed by atoms with Crippen molar-refractivity contribution in [2.75, 3.05) is 36.0 Å². The predicted molar refractivity (Wildman–Crippen MR) is 100 cm³/mol. The lowest BCUT2D eigenvalue weighted by Gasteiger charge is -2.34. The number of nitrogens with zero attached hydrogens (tertiary/aromatic N) is 2. The molecule has 2 amide bonds. The van der Waals surface area contributed by atoms with Crippen molar-refractivity contribution in [2.24, 2.45) is 11.3 Å². The Morgan fingerprint density at radius 3 is 2.67 bits per heavy atom. The SMILES string of the molecule is CC(=O)NC[C@H]1CN(c2ccc(N3CCC4(CC3)CC4C)c(F)c2)C(=O)O1. The Labute approximate surface area is 158 Å². The van der Waals surface area contributed by atoms with Gasteiger partial charge < -0.3 is 15.0 Å². The van der Waals surface area contributed by atoms with Gasteiger partial charge in [-0.2, -0.15) is 0 Å². The first-order valence-corrected chi connectivity index (χ1v) is 9.65. The molecule has 4 rings (SSSR count). The maximum atomic E-state index is 14.8. The number of hydrogen-bond acceptors (Lipinski definition) is 4. The molecule has 27 heavy (non-hydrogen) atoms. The normalized spacial score (nSPS) is 26.3. The van der Waals surface area contributed by atoms with Gasteiger partial charge >= 0.3 is 6.09 Å². The Bertz CT molecular complexity index is 761. The van der Waals surface area contributed by atoms with Crippen LogP contribution in [0.2, 0.25) is 0 Å². The lowest BCUT2D eigenvalue weighted by molar-refractivity contribution is -0.119. The number of carbonyl (C=O) groups is 2. The monoisotopic (exact) mass is 375 g/mol. The van der Waals surface area contributed by atoms with E-state index in [1.807, 2.05) is 0 Å². The zero-order chi connectivity index (χ0) is 19.2. The molecule has 1 N–H and O–H groups in total. The van der Waals surface area contributed by atoms with Crippen molar-refractivity contribution in [2.45, 2.75) is 39.2 Å². The van der Waals surface area contributed by atoms with Crippen molar-refractivity contribution in [3.8, 4) is 0 Å². The van der Waals surface area contributed by atoms with Crippen LogP contribution in [-0.4, -0.2) is 44.3 Å². The summed E-state index contributed by atoms with van der Waals surface area (Å²) in [6, 6.07) is 4.93. The first kappa shape index (κ1) is 18.1. The average Bonchev–Trinajstić information content (AvgIpc) is 3.08. The van der Waals surface area contributed by atoms with E-state index in [0.717, 1.165) is 31.8 Å². The number of benzene rings is 1. The molecule has 1 aromatic rings. The van der Waals surface area contributed by atoms with Gasteiger partial charge in [0.05, 0.1) is 24.5 Å². The lowest BCUT2D eigenvalue weighted by Crippen LogP contribution is -2.35. The summed E-state index contributed by atoms with van der Waals surface area (Å²) in [7, 11) is 0. The molecule has 1 aliphatic carbocycles. The first-order valence-electron chi connectivity index (χ1n) is 9.65. The Morgan fingerprint density at radius 1 is 1.37 bits per heavy atom. The zero-order valence-corrected chi connectivity index (χ0v) is 15.8. The molecule has 0 radical (unpaired) electrons. The number of halogens is 1. The second-order valence-corrected chi connectivity index (χ2v) is 8.14. The van der Waals surface area contributed by atoms with Crippen molar-refractivity contribution < 1.29 is 18.7 Å². The molecule has 2 heterocycles. The molecule has 1 unspecified atom stereocenters. The molecule has 2 atom stereocenters. The van der Waals surface area contributed by atoms with Crippen molar-refractivity contribution >= 4 is 23.4 Å². The number of piperidine rings is 1. The Hall–Kier alpha value is -2.31. The van der Waals surface area contributed by atoms with Gasteiger partial charge in [0.2, 0.25) is 5.91 Å². The third-order valence-corrected chi connectivity index (χ3v) is 6.39. The van der Waals surface area contributed by atoms with Crippen LogP contribution in [0.4, 0.5) is 20.6 Å². The fourth-order valence-corrected chi connectivity index (χ4v) is 4.46. The van der Waals surface area contributed by atoms with Gasteiger partial charge in [-0.05, 0) is 48.8 Å². The second-order valence-electron chi connectivity index (χ2n) is 8.14.